The van der Waals surface area contributed by atoms with Crippen molar-refractivity contribution in [1.82, 2.24) is 10.3 Å². The fourth-order valence-electron chi connectivity index (χ4n) is 2.19. The van der Waals surface area contributed by atoms with Crippen molar-refractivity contribution in [3.8, 4) is 0 Å². The number of benzene rings is 2. The first kappa shape index (κ1) is 16.7. The van der Waals surface area contributed by atoms with Crippen LogP contribution in [0.2, 0.25) is 0 Å². The summed E-state index contributed by atoms with van der Waals surface area (Å²) in [6, 6.07) is 13.7. The number of hydrogen-bond donors (Lipinski definition) is 2. The summed E-state index contributed by atoms with van der Waals surface area (Å²) in [7, 11) is -3.74. The van der Waals surface area contributed by atoms with Gasteiger partial charge in [0.05, 0.1) is 28.2 Å². The SMILES string of the molecule is O=C(NCc1cnco1)Nc1ccccc1S(=O)(=O)c1ccccc1. The number of nitrogens with one attached hydrogen (secondary N) is 2. The van der Waals surface area contributed by atoms with Gasteiger partial charge in [-0.1, -0.05) is 30.3 Å². The van der Waals surface area contributed by atoms with Crippen LogP contribution in [-0.2, 0) is 16.4 Å². The van der Waals surface area contributed by atoms with Crippen LogP contribution in [0.25, 0.3) is 0 Å². The molecule has 3 aromatic rings. The minimum absolute atomic E-state index is 0.0241. The predicted octanol–water partition coefficient (Wildman–Crippen LogP) is 2.83. The molecule has 0 spiro atoms. The molecule has 1 heterocycles. The van der Waals surface area contributed by atoms with Crippen LogP contribution in [0.4, 0.5) is 10.5 Å². The van der Waals surface area contributed by atoms with Gasteiger partial charge in [-0.25, -0.2) is 18.2 Å². The molecule has 0 aliphatic heterocycles. The zero-order valence-corrected chi connectivity index (χ0v) is 13.9. The van der Waals surface area contributed by atoms with E-state index in [1.807, 2.05) is 0 Å². The topological polar surface area (TPSA) is 101 Å². The van der Waals surface area contributed by atoms with Gasteiger partial charge in [-0.3, -0.25) is 0 Å². The van der Waals surface area contributed by atoms with Crippen LogP contribution >= 0.6 is 0 Å². The fraction of sp³-hybridized carbons (Fsp3) is 0.0588. The van der Waals surface area contributed by atoms with Crippen molar-refractivity contribution in [2.75, 3.05) is 5.32 Å². The highest BCUT2D eigenvalue weighted by Crippen LogP contribution is 2.27. The van der Waals surface area contributed by atoms with Crippen molar-refractivity contribution in [3.05, 3.63) is 72.9 Å². The first-order chi connectivity index (χ1) is 12.1. The Morgan fingerprint density at radius 3 is 2.48 bits per heavy atom. The summed E-state index contributed by atoms with van der Waals surface area (Å²) in [5.41, 5.74) is 0.196. The number of para-hydroxylation sites is 1. The van der Waals surface area contributed by atoms with E-state index in [1.54, 1.807) is 30.3 Å². The zero-order chi connectivity index (χ0) is 17.7. The largest absolute Gasteiger partial charge is 0.447 e. The molecule has 2 N–H and O–H groups in total. The van der Waals surface area contributed by atoms with Crippen LogP contribution in [0.5, 0.6) is 0 Å². The molecule has 0 bridgehead atoms. The molecule has 1 aromatic heterocycles. The lowest BCUT2D eigenvalue weighted by Gasteiger charge is -2.12. The van der Waals surface area contributed by atoms with Gasteiger partial charge < -0.3 is 15.1 Å². The quantitative estimate of drug-likeness (QED) is 0.731. The number of hydrogen-bond acceptors (Lipinski definition) is 5. The van der Waals surface area contributed by atoms with Gasteiger partial charge in [0.2, 0.25) is 9.84 Å². The molecule has 0 fully saturated rings. The highest BCUT2D eigenvalue weighted by Gasteiger charge is 2.21. The van der Waals surface area contributed by atoms with Crippen molar-refractivity contribution in [2.24, 2.45) is 0 Å². The van der Waals surface area contributed by atoms with Gasteiger partial charge in [0, 0.05) is 0 Å². The second-order valence-electron chi connectivity index (χ2n) is 5.09. The Balaban J connectivity index is 1.80. The van der Waals surface area contributed by atoms with Crippen molar-refractivity contribution in [1.29, 1.82) is 0 Å². The second-order valence-corrected chi connectivity index (χ2v) is 7.01. The van der Waals surface area contributed by atoms with E-state index in [0.717, 1.165) is 0 Å². The van der Waals surface area contributed by atoms with Crippen molar-refractivity contribution in [3.63, 3.8) is 0 Å². The summed E-state index contributed by atoms with van der Waals surface area (Å²) in [4.78, 5) is 16.0. The Hall–Kier alpha value is -3.13. The highest BCUT2D eigenvalue weighted by molar-refractivity contribution is 7.91. The van der Waals surface area contributed by atoms with Crippen molar-refractivity contribution < 1.29 is 17.6 Å². The van der Waals surface area contributed by atoms with Crippen LogP contribution in [0.1, 0.15) is 5.76 Å². The molecule has 0 atom stereocenters. The number of carbonyl (C=O) groups excluding carboxylic acids is 1. The third-order valence-electron chi connectivity index (χ3n) is 3.38. The molecule has 2 amide bonds. The number of sulfone groups is 1. The number of amides is 2. The van der Waals surface area contributed by atoms with Crippen LogP contribution in [-0.4, -0.2) is 19.4 Å². The van der Waals surface area contributed by atoms with E-state index in [0.29, 0.717) is 5.76 Å². The van der Waals surface area contributed by atoms with Crippen LogP contribution in [0, 0.1) is 0 Å². The van der Waals surface area contributed by atoms with E-state index < -0.39 is 15.9 Å². The maximum Gasteiger partial charge on any atom is 0.319 e. The van der Waals surface area contributed by atoms with Gasteiger partial charge in [0.25, 0.3) is 0 Å². The van der Waals surface area contributed by atoms with Gasteiger partial charge in [0.1, 0.15) is 5.76 Å². The average molecular weight is 357 g/mol. The monoisotopic (exact) mass is 357 g/mol. The second kappa shape index (κ2) is 7.18. The molecule has 0 unspecified atom stereocenters. The molecule has 128 valence electrons. The molecule has 0 aliphatic carbocycles. The van der Waals surface area contributed by atoms with Crippen molar-refractivity contribution in [2.45, 2.75) is 16.3 Å². The van der Waals surface area contributed by atoms with Crippen LogP contribution in [0.3, 0.4) is 0 Å². The van der Waals surface area contributed by atoms with Gasteiger partial charge in [-0.2, -0.15) is 0 Å². The lowest BCUT2D eigenvalue weighted by molar-refractivity contribution is 0.250. The van der Waals surface area contributed by atoms with E-state index >= 15 is 0 Å². The Morgan fingerprint density at radius 1 is 1.04 bits per heavy atom. The van der Waals surface area contributed by atoms with E-state index in [4.69, 9.17) is 4.42 Å². The van der Waals surface area contributed by atoms with E-state index in [9.17, 15) is 13.2 Å². The highest BCUT2D eigenvalue weighted by atomic mass is 32.2. The van der Waals surface area contributed by atoms with Crippen LogP contribution < -0.4 is 10.6 Å². The van der Waals surface area contributed by atoms with Crippen molar-refractivity contribution >= 4 is 21.6 Å². The van der Waals surface area contributed by atoms with Gasteiger partial charge in [-0.05, 0) is 24.3 Å². The third kappa shape index (κ3) is 3.86. The van der Waals surface area contributed by atoms with E-state index in [2.05, 4.69) is 15.6 Å². The standard InChI is InChI=1S/C17H15N3O4S/c21-17(19-11-13-10-18-12-24-13)20-15-8-4-5-9-16(15)25(22,23)14-6-2-1-3-7-14/h1-10,12H,11H2,(H2,19,20,21). The van der Waals surface area contributed by atoms with E-state index in [-0.39, 0.29) is 22.0 Å². The van der Waals surface area contributed by atoms with Gasteiger partial charge >= 0.3 is 6.03 Å². The predicted molar refractivity (Wildman–Crippen MR) is 90.7 cm³/mol. The summed E-state index contributed by atoms with van der Waals surface area (Å²) in [6.07, 6.45) is 2.74. The Bertz CT molecular complexity index is 955. The molecule has 0 saturated heterocycles. The summed E-state index contributed by atoms with van der Waals surface area (Å²) >= 11 is 0. The lowest BCUT2D eigenvalue weighted by Crippen LogP contribution is -2.28. The van der Waals surface area contributed by atoms with E-state index in [1.165, 1.54) is 36.9 Å². The summed E-state index contributed by atoms with van der Waals surface area (Å²) in [5, 5.41) is 5.13. The number of urea groups is 1. The number of oxazole rings is 1. The Kier molecular flexibility index (Phi) is 4.80. The third-order valence-corrected chi connectivity index (χ3v) is 5.21. The summed E-state index contributed by atoms with van der Waals surface area (Å²) in [6.45, 7) is 0.138. The molecule has 3 rings (SSSR count). The Labute approximate surface area is 144 Å². The minimum atomic E-state index is -3.74. The normalized spacial score (nSPS) is 11.0. The first-order valence-corrected chi connectivity index (χ1v) is 8.87. The fourth-order valence-corrected chi connectivity index (χ4v) is 3.63. The molecular formula is C17H15N3O4S. The number of nitrogens with zero attached hydrogens (tertiary/aromatic N) is 1. The average Bonchev–Trinajstić information content (AvgIpc) is 3.15. The number of rotatable bonds is 5. The van der Waals surface area contributed by atoms with Crippen LogP contribution in [0.15, 0.2) is 81.4 Å². The number of anilines is 1. The first-order valence-electron chi connectivity index (χ1n) is 7.39. The maximum atomic E-state index is 12.8. The minimum Gasteiger partial charge on any atom is -0.447 e. The van der Waals surface area contributed by atoms with Gasteiger partial charge in [-0.15, -0.1) is 0 Å². The smallest absolute Gasteiger partial charge is 0.319 e. The van der Waals surface area contributed by atoms with Gasteiger partial charge in [0.15, 0.2) is 6.39 Å². The summed E-state index contributed by atoms with van der Waals surface area (Å²) in [5.74, 6) is 0.486. The molecule has 0 radical (unpaired) electrons. The Morgan fingerprint density at radius 2 is 1.76 bits per heavy atom. The molecule has 0 saturated carbocycles. The summed E-state index contributed by atoms with van der Waals surface area (Å²) < 4.78 is 30.6. The number of aromatic nitrogens is 1. The molecule has 2 aromatic carbocycles. The molecule has 0 aliphatic rings. The zero-order valence-electron chi connectivity index (χ0n) is 13.0. The molecular weight excluding hydrogens is 342 g/mol. The lowest BCUT2D eigenvalue weighted by atomic mass is 10.3. The maximum absolute atomic E-state index is 12.8. The molecule has 7 nitrogen and oxygen atoms in total. The number of carbonyl (C=O) groups is 1. The molecule has 25 heavy (non-hydrogen) atoms. The molecule has 8 heteroatoms.